The van der Waals surface area contributed by atoms with Crippen molar-refractivity contribution in [2.75, 3.05) is 32.6 Å². The minimum atomic E-state index is 0.0784. The number of nitrogens with zero attached hydrogens (tertiary/aromatic N) is 3. The standard InChI is InChI=1S/C18H22N4O2/c1-19-18-20-10-7-16(21-18)13-8-11-22(12-9-13)17(23)14-3-5-15(24-2)6-4-14/h3-7,10,13H,8-9,11-12H2,1-2H3,(H,19,20,21). The van der Waals surface area contributed by atoms with Crippen LogP contribution < -0.4 is 10.1 Å². The van der Waals surface area contributed by atoms with Crippen LogP contribution in [0, 0.1) is 0 Å². The summed E-state index contributed by atoms with van der Waals surface area (Å²) in [7, 11) is 3.43. The highest BCUT2D eigenvalue weighted by molar-refractivity contribution is 5.94. The number of methoxy groups -OCH3 is 1. The van der Waals surface area contributed by atoms with Gasteiger partial charge in [0.25, 0.3) is 5.91 Å². The number of aromatic nitrogens is 2. The van der Waals surface area contributed by atoms with Gasteiger partial charge in [-0.3, -0.25) is 4.79 Å². The fourth-order valence-electron chi connectivity index (χ4n) is 3.01. The van der Waals surface area contributed by atoms with E-state index in [1.165, 1.54) is 0 Å². The number of carbonyl (C=O) groups excluding carboxylic acids is 1. The summed E-state index contributed by atoms with van der Waals surface area (Å²) in [6.45, 7) is 1.49. The second-order valence-corrected chi connectivity index (χ2v) is 5.85. The Morgan fingerprint density at radius 1 is 1.21 bits per heavy atom. The highest BCUT2D eigenvalue weighted by Gasteiger charge is 2.25. The summed E-state index contributed by atoms with van der Waals surface area (Å²) >= 11 is 0. The van der Waals surface area contributed by atoms with Crippen LogP contribution in [0.25, 0.3) is 0 Å². The predicted octanol–water partition coefficient (Wildman–Crippen LogP) is 2.55. The molecule has 1 N–H and O–H groups in total. The molecule has 1 aromatic heterocycles. The van der Waals surface area contributed by atoms with Crippen LogP contribution in [0.2, 0.25) is 0 Å². The van der Waals surface area contributed by atoms with Crippen molar-refractivity contribution in [3.8, 4) is 5.75 Å². The fourth-order valence-corrected chi connectivity index (χ4v) is 3.01. The van der Waals surface area contributed by atoms with Crippen molar-refractivity contribution < 1.29 is 9.53 Å². The van der Waals surface area contributed by atoms with E-state index in [4.69, 9.17) is 4.74 Å². The number of benzene rings is 1. The maximum atomic E-state index is 12.6. The molecule has 0 aliphatic carbocycles. The molecule has 1 amide bonds. The van der Waals surface area contributed by atoms with E-state index in [1.54, 1.807) is 13.3 Å². The van der Waals surface area contributed by atoms with Gasteiger partial charge in [-0.05, 0) is 43.2 Å². The Hall–Kier alpha value is -2.63. The molecular formula is C18H22N4O2. The molecule has 126 valence electrons. The maximum absolute atomic E-state index is 12.6. The Kier molecular flexibility index (Phi) is 4.93. The number of amides is 1. The number of piperidine rings is 1. The van der Waals surface area contributed by atoms with Gasteiger partial charge in [-0.25, -0.2) is 9.97 Å². The number of ether oxygens (including phenoxy) is 1. The van der Waals surface area contributed by atoms with E-state index in [2.05, 4.69) is 15.3 Å². The summed E-state index contributed by atoms with van der Waals surface area (Å²) in [5, 5.41) is 2.97. The summed E-state index contributed by atoms with van der Waals surface area (Å²) in [6, 6.07) is 9.24. The van der Waals surface area contributed by atoms with Crippen LogP contribution in [-0.4, -0.2) is 48.0 Å². The normalized spacial score (nSPS) is 15.2. The van der Waals surface area contributed by atoms with Gasteiger partial charge < -0.3 is 15.0 Å². The minimum Gasteiger partial charge on any atom is -0.497 e. The third kappa shape index (κ3) is 3.48. The third-order valence-electron chi connectivity index (χ3n) is 4.44. The summed E-state index contributed by atoms with van der Waals surface area (Å²) < 4.78 is 5.13. The van der Waals surface area contributed by atoms with E-state index < -0.39 is 0 Å². The van der Waals surface area contributed by atoms with Crippen LogP contribution in [0.15, 0.2) is 36.5 Å². The monoisotopic (exact) mass is 326 g/mol. The van der Waals surface area contributed by atoms with Crippen molar-refractivity contribution in [3.63, 3.8) is 0 Å². The zero-order chi connectivity index (χ0) is 16.9. The molecule has 0 unspecified atom stereocenters. The number of anilines is 1. The van der Waals surface area contributed by atoms with Crippen molar-refractivity contribution in [2.45, 2.75) is 18.8 Å². The molecule has 1 fully saturated rings. The molecule has 1 saturated heterocycles. The average Bonchev–Trinajstić information content (AvgIpc) is 2.67. The lowest BCUT2D eigenvalue weighted by Gasteiger charge is -2.31. The molecule has 0 radical (unpaired) electrons. The van der Waals surface area contributed by atoms with Gasteiger partial charge in [0.1, 0.15) is 5.75 Å². The quantitative estimate of drug-likeness (QED) is 0.935. The molecule has 0 bridgehead atoms. The van der Waals surface area contributed by atoms with E-state index in [1.807, 2.05) is 42.3 Å². The molecule has 0 spiro atoms. The Morgan fingerprint density at radius 2 is 1.92 bits per heavy atom. The van der Waals surface area contributed by atoms with Crippen molar-refractivity contribution >= 4 is 11.9 Å². The van der Waals surface area contributed by atoms with Gasteiger partial charge in [0.15, 0.2) is 0 Å². The summed E-state index contributed by atoms with van der Waals surface area (Å²) in [5.74, 6) is 1.85. The van der Waals surface area contributed by atoms with Crippen molar-refractivity contribution in [3.05, 3.63) is 47.8 Å². The van der Waals surface area contributed by atoms with Gasteiger partial charge in [-0.2, -0.15) is 0 Å². The van der Waals surface area contributed by atoms with Crippen LogP contribution >= 0.6 is 0 Å². The molecular weight excluding hydrogens is 304 g/mol. The zero-order valence-electron chi connectivity index (χ0n) is 14.0. The third-order valence-corrected chi connectivity index (χ3v) is 4.44. The molecule has 1 aliphatic rings. The smallest absolute Gasteiger partial charge is 0.253 e. The van der Waals surface area contributed by atoms with Crippen LogP contribution in [0.3, 0.4) is 0 Å². The van der Waals surface area contributed by atoms with Crippen molar-refractivity contribution in [1.29, 1.82) is 0 Å². The molecule has 2 heterocycles. The maximum Gasteiger partial charge on any atom is 0.253 e. The summed E-state index contributed by atoms with van der Waals surface area (Å²) in [6.07, 6.45) is 3.62. The lowest BCUT2D eigenvalue weighted by molar-refractivity contribution is 0.0712. The first-order valence-corrected chi connectivity index (χ1v) is 8.15. The predicted molar refractivity (Wildman–Crippen MR) is 92.5 cm³/mol. The van der Waals surface area contributed by atoms with Crippen molar-refractivity contribution in [1.82, 2.24) is 14.9 Å². The second kappa shape index (κ2) is 7.29. The Labute approximate surface area is 141 Å². The Balaban J connectivity index is 1.62. The van der Waals surface area contributed by atoms with E-state index in [-0.39, 0.29) is 5.91 Å². The first kappa shape index (κ1) is 16.2. The molecule has 6 nitrogen and oxygen atoms in total. The number of hydrogen-bond donors (Lipinski definition) is 1. The van der Waals surface area contributed by atoms with Gasteiger partial charge in [-0.1, -0.05) is 0 Å². The van der Waals surface area contributed by atoms with Gasteiger partial charge in [0.2, 0.25) is 5.95 Å². The first-order chi connectivity index (χ1) is 11.7. The molecule has 1 aliphatic heterocycles. The number of carbonyl (C=O) groups is 1. The molecule has 0 atom stereocenters. The van der Waals surface area contributed by atoms with E-state index in [0.717, 1.165) is 37.4 Å². The highest BCUT2D eigenvalue weighted by Crippen LogP contribution is 2.27. The van der Waals surface area contributed by atoms with Crippen molar-refractivity contribution in [2.24, 2.45) is 0 Å². The SMILES string of the molecule is CNc1nccc(C2CCN(C(=O)c3ccc(OC)cc3)CC2)n1. The minimum absolute atomic E-state index is 0.0784. The first-order valence-electron chi connectivity index (χ1n) is 8.15. The van der Waals surface area contributed by atoms with Gasteiger partial charge in [0, 0.05) is 43.5 Å². The Morgan fingerprint density at radius 3 is 2.54 bits per heavy atom. The lowest BCUT2D eigenvalue weighted by atomic mass is 9.93. The number of hydrogen-bond acceptors (Lipinski definition) is 5. The molecule has 6 heteroatoms. The van der Waals surface area contributed by atoms with Crippen LogP contribution in [0.4, 0.5) is 5.95 Å². The number of likely N-dealkylation sites (tertiary alicyclic amines) is 1. The summed E-state index contributed by atoms with van der Waals surface area (Å²) in [5.41, 5.74) is 1.75. The number of nitrogens with one attached hydrogen (secondary N) is 1. The van der Waals surface area contributed by atoms with Gasteiger partial charge in [0.05, 0.1) is 7.11 Å². The van der Waals surface area contributed by atoms with E-state index in [0.29, 0.717) is 17.4 Å². The highest BCUT2D eigenvalue weighted by atomic mass is 16.5. The molecule has 24 heavy (non-hydrogen) atoms. The zero-order valence-corrected chi connectivity index (χ0v) is 14.0. The van der Waals surface area contributed by atoms with Crippen LogP contribution in [0.5, 0.6) is 5.75 Å². The topological polar surface area (TPSA) is 67.4 Å². The van der Waals surface area contributed by atoms with Gasteiger partial charge in [-0.15, -0.1) is 0 Å². The molecule has 2 aromatic rings. The summed E-state index contributed by atoms with van der Waals surface area (Å²) in [4.78, 5) is 23.2. The van der Waals surface area contributed by atoms with Crippen LogP contribution in [-0.2, 0) is 0 Å². The second-order valence-electron chi connectivity index (χ2n) is 5.85. The molecule has 3 rings (SSSR count). The number of rotatable bonds is 4. The fraction of sp³-hybridized carbons (Fsp3) is 0.389. The Bertz CT molecular complexity index is 694. The van der Waals surface area contributed by atoms with Crippen LogP contribution in [0.1, 0.15) is 34.8 Å². The van der Waals surface area contributed by atoms with E-state index in [9.17, 15) is 4.79 Å². The average molecular weight is 326 g/mol. The molecule has 1 aromatic carbocycles. The largest absolute Gasteiger partial charge is 0.497 e. The van der Waals surface area contributed by atoms with E-state index >= 15 is 0 Å². The lowest BCUT2D eigenvalue weighted by Crippen LogP contribution is -2.38. The van der Waals surface area contributed by atoms with Gasteiger partial charge >= 0.3 is 0 Å². The molecule has 0 saturated carbocycles.